The Morgan fingerprint density at radius 2 is 2.32 bits per heavy atom. The van der Waals surface area contributed by atoms with Crippen molar-refractivity contribution in [2.75, 3.05) is 26.3 Å². The summed E-state index contributed by atoms with van der Waals surface area (Å²) in [6.07, 6.45) is 4.25. The molecule has 0 saturated carbocycles. The molecule has 6 nitrogen and oxygen atoms in total. The van der Waals surface area contributed by atoms with Crippen LogP contribution < -0.4 is 0 Å². The molecule has 1 aliphatic heterocycles. The lowest BCUT2D eigenvalue weighted by Gasteiger charge is -2.22. The van der Waals surface area contributed by atoms with Gasteiger partial charge in [0.05, 0.1) is 13.2 Å². The summed E-state index contributed by atoms with van der Waals surface area (Å²) in [6.45, 7) is 4.19. The van der Waals surface area contributed by atoms with Gasteiger partial charge >= 0.3 is 0 Å². The van der Waals surface area contributed by atoms with Gasteiger partial charge in [0.1, 0.15) is 6.26 Å². The Kier molecular flexibility index (Phi) is 4.28. The van der Waals surface area contributed by atoms with Crippen molar-refractivity contribution >= 4 is 16.8 Å². The minimum Gasteiger partial charge on any atom is -0.448 e. The molecule has 0 bridgehead atoms. The predicted octanol–water partition coefficient (Wildman–Crippen LogP) is 2.80. The summed E-state index contributed by atoms with van der Waals surface area (Å²) in [5.74, 6) is 0.676. The van der Waals surface area contributed by atoms with Crippen molar-refractivity contribution in [2.45, 2.75) is 13.3 Å². The zero-order valence-electron chi connectivity index (χ0n) is 14.2. The standard InChI is InChI=1S/C19H21N3O3/c1-13-21-18(12-25-13)19(23)22-6-7-24-11-15(10-22)8-14-2-3-17-16(9-14)4-5-20-17/h2-5,9,12,15,20H,6-8,10-11H2,1H3/t15-/m0/s1. The normalized spacial score (nSPS) is 18.4. The molecule has 1 aromatic carbocycles. The van der Waals surface area contributed by atoms with Crippen LogP contribution in [0.3, 0.4) is 0 Å². The van der Waals surface area contributed by atoms with Gasteiger partial charge in [0, 0.05) is 37.6 Å². The summed E-state index contributed by atoms with van der Waals surface area (Å²) in [5, 5.41) is 1.21. The molecule has 1 fully saturated rings. The molecule has 1 aliphatic rings. The molecular formula is C19H21N3O3. The van der Waals surface area contributed by atoms with Crippen LogP contribution in [0.25, 0.3) is 10.9 Å². The predicted molar refractivity (Wildman–Crippen MR) is 93.5 cm³/mol. The highest BCUT2D eigenvalue weighted by atomic mass is 16.5. The summed E-state index contributed by atoms with van der Waals surface area (Å²) in [7, 11) is 0. The number of nitrogens with zero attached hydrogens (tertiary/aromatic N) is 2. The summed E-state index contributed by atoms with van der Waals surface area (Å²) < 4.78 is 10.9. The number of hydrogen-bond acceptors (Lipinski definition) is 4. The second-order valence-corrected chi connectivity index (χ2v) is 6.55. The molecule has 0 aliphatic carbocycles. The van der Waals surface area contributed by atoms with Crippen LogP contribution in [0.4, 0.5) is 0 Å². The quantitative estimate of drug-likeness (QED) is 0.796. The van der Waals surface area contributed by atoms with E-state index in [4.69, 9.17) is 9.15 Å². The number of amides is 1. The van der Waals surface area contributed by atoms with E-state index < -0.39 is 0 Å². The van der Waals surface area contributed by atoms with Gasteiger partial charge in [-0.2, -0.15) is 0 Å². The summed E-state index contributed by atoms with van der Waals surface area (Å²) in [4.78, 5) is 21.8. The van der Waals surface area contributed by atoms with E-state index in [2.05, 4.69) is 34.2 Å². The molecule has 1 N–H and O–H groups in total. The lowest BCUT2D eigenvalue weighted by atomic mass is 9.98. The van der Waals surface area contributed by atoms with E-state index in [1.807, 2.05) is 11.1 Å². The molecule has 1 atom stereocenters. The maximum absolute atomic E-state index is 12.6. The third kappa shape index (κ3) is 3.44. The molecule has 0 unspecified atom stereocenters. The average molecular weight is 339 g/mol. The van der Waals surface area contributed by atoms with Crippen molar-refractivity contribution in [1.29, 1.82) is 0 Å². The van der Waals surface area contributed by atoms with Gasteiger partial charge in [0.25, 0.3) is 5.91 Å². The van der Waals surface area contributed by atoms with E-state index in [1.165, 1.54) is 17.2 Å². The number of carbonyl (C=O) groups excluding carboxylic acids is 1. The summed E-state index contributed by atoms with van der Waals surface area (Å²) >= 11 is 0. The topological polar surface area (TPSA) is 71.4 Å². The van der Waals surface area contributed by atoms with Crippen LogP contribution in [-0.2, 0) is 11.2 Å². The highest BCUT2D eigenvalue weighted by Gasteiger charge is 2.25. The number of benzene rings is 1. The van der Waals surface area contributed by atoms with Crippen LogP contribution in [0.15, 0.2) is 41.1 Å². The number of ether oxygens (including phenoxy) is 1. The SMILES string of the molecule is Cc1nc(C(=O)N2CCOC[C@@H](Cc3ccc4[nH]ccc4c3)C2)co1. The first kappa shape index (κ1) is 15.9. The van der Waals surface area contributed by atoms with Crippen molar-refractivity contribution in [2.24, 2.45) is 5.92 Å². The highest BCUT2D eigenvalue weighted by Crippen LogP contribution is 2.20. The van der Waals surface area contributed by atoms with E-state index in [9.17, 15) is 4.79 Å². The van der Waals surface area contributed by atoms with Gasteiger partial charge in [-0.25, -0.2) is 4.98 Å². The number of nitrogens with one attached hydrogen (secondary N) is 1. The molecular weight excluding hydrogens is 318 g/mol. The number of aromatic nitrogens is 2. The molecule has 25 heavy (non-hydrogen) atoms. The Bertz CT molecular complexity index is 883. The first-order valence-corrected chi connectivity index (χ1v) is 8.54. The van der Waals surface area contributed by atoms with Gasteiger partial charge in [-0.3, -0.25) is 4.79 Å². The number of oxazole rings is 1. The van der Waals surface area contributed by atoms with Crippen LogP contribution in [0.1, 0.15) is 21.9 Å². The number of aromatic amines is 1. The number of carbonyl (C=O) groups is 1. The number of rotatable bonds is 3. The lowest BCUT2D eigenvalue weighted by Crippen LogP contribution is -2.36. The first-order chi connectivity index (χ1) is 12.2. The fraction of sp³-hybridized carbons (Fsp3) is 0.368. The molecule has 4 rings (SSSR count). The van der Waals surface area contributed by atoms with E-state index in [0.29, 0.717) is 37.9 Å². The van der Waals surface area contributed by atoms with Crippen LogP contribution in [0.5, 0.6) is 0 Å². The van der Waals surface area contributed by atoms with Crippen molar-refractivity contribution in [3.63, 3.8) is 0 Å². The van der Waals surface area contributed by atoms with Gasteiger partial charge in [0.2, 0.25) is 0 Å². The number of hydrogen-bond donors (Lipinski definition) is 1. The van der Waals surface area contributed by atoms with E-state index in [-0.39, 0.29) is 11.8 Å². The molecule has 0 radical (unpaired) electrons. The van der Waals surface area contributed by atoms with Crippen LogP contribution in [0, 0.1) is 12.8 Å². The molecule has 2 aromatic heterocycles. The van der Waals surface area contributed by atoms with Gasteiger partial charge < -0.3 is 19.0 Å². The third-order valence-corrected chi connectivity index (χ3v) is 4.61. The smallest absolute Gasteiger partial charge is 0.275 e. The summed E-state index contributed by atoms with van der Waals surface area (Å²) in [5.41, 5.74) is 2.76. The van der Waals surface area contributed by atoms with Gasteiger partial charge in [0.15, 0.2) is 11.6 Å². The Hall–Kier alpha value is -2.60. The number of fused-ring (bicyclic) bond motifs is 1. The van der Waals surface area contributed by atoms with Crippen molar-refractivity contribution in [3.05, 3.63) is 53.9 Å². The van der Waals surface area contributed by atoms with Crippen molar-refractivity contribution < 1.29 is 13.9 Å². The van der Waals surface area contributed by atoms with Gasteiger partial charge in [-0.1, -0.05) is 6.07 Å². The second kappa shape index (κ2) is 6.72. The van der Waals surface area contributed by atoms with Gasteiger partial charge in [-0.05, 0) is 35.6 Å². The Morgan fingerprint density at radius 1 is 1.40 bits per heavy atom. The molecule has 3 aromatic rings. The largest absolute Gasteiger partial charge is 0.448 e. The number of aryl methyl sites for hydroxylation is 1. The molecule has 1 amide bonds. The zero-order chi connectivity index (χ0) is 17.2. The highest BCUT2D eigenvalue weighted by molar-refractivity contribution is 5.92. The molecule has 3 heterocycles. The number of H-pyrrole nitrogens is 1. The minimum atomic E-state index is -0.0894. The average Bonchev–Trinajstić information content (AvgIpc) is 3.18. The first-order valence-electron chi connectivity index (χ1n) is 8.54. The van der Waals surface area contributed by atoms with Crippen LogP contribution >= 0.6 is 0 Å². The van der Waals surface area contributed by atoms with E-state index in [0.717, 1.165) is 11.9 Å². The summed E-state index contributed by atoms with van der Waals surface area (Å²) in [6, 6.07) is 8.51. The van der Waals surface area contributed by atoms with Gasteiger partial charge in [-0.15, -0.1) is 0 Å². The minimum absolute atomic E-state index is 0.0894. The maximum atomic E-state index is 12.6. The van der Waals surface area contributed by atoms with Crippen LogP contribution in [0.2, 0.25) is 0 Å². The maximum Gasteiger partial charge on any atom is 0.275 e. The zero-order valence-corrected chi connectivity index (χ0v) is 14.2. The van der Waals surface area contributed by atoms with E-state index in [1.54, 1.807) is 6.92 Å². The Labute approximate surface area is 145 Å². The third-order valence-electron chi connectivity index (χ3n) is 4.61. The van der Waals surface area contributed by atoms with Crippen molar-refractivity contribution in [3.8, 4) is 0 Å². The monoisotopic (exact) mass is 339 g/mol. The Balaban J connectivity index is 1.48. The Morgan fingerprint density at radius 3 is 3.16 bits per heavy atom. The van der Waals surface area contributed by atoms with Crippen LogP contribution in [-0.4, -0.2) is 47.1 Å². The fourth-order valence-corrected chi connectivity index (χ4v) is 3.38. The fourth-order valence-electron chi connectivity index (χ4n) is 3.38. The second-order valence-electron chi connectivity index (χ2n) is 6.55. The molecule has 1 saturated heterocycles. The van der Waals surface area contributed by atoms with Crippen molar-refractivity contribution in [1.82, 2.24) is 14.9 Å². The lowest BCUT2D eigenvalue weighted by molar-refractivity contribution is 0.0731. The molecule has 130 valence electrons. The molecule has 6 heteroatoms. The molecule has 0 spiro atoms. The van der Waals surface area contributed by atoms with E-state index >= 15 is 0 Å².